The maximum absolute atomic E-state index is 11.9. The first-order valence-electron chi connectivity index (χ1n) is 5.67. The van der Waals surface area contributed by atoms with Crippen LogP contribution in [0.5, 0.6) is 0 Å². The zero-order valence-electron chi connectivity index (χ0n) is 10.0. The zero-order chi connectivity index (χ0) is 13.7. The van der Waals surface area contributed by atoms with Crippen LogP contribution in [-0.4, -0.2) is 5.78 Å². The minimum atomic E-state index is -0.0792. The molecule has 19 heavy (non-hydrogen) atoms. The molecular formula is C16H10BrNO. The number of ketones is 1. The standard InChI is InChI=1S/C16H10BrNO/c17-15-3-1-2-12(10-15)6-9-16(19)14-7-4-13(11-18)5-8-14/h1-10H/b9-6+. The van der Waals surface area contributed by atoms with Crippen molar-refractivity contribution < 1.29 is 4.79 Å². The summed E-state index contributed by atoms with van der Waals surface area (Å²) < 4.78 is 0.973. The van der Waals surface area contributed by atoms with Crippen LogP contribution in [0.3, 0.4) is 0 Å². The lowest BCUT2D eigenvalue weighted by Crippen LogP contribution is -1.93. The molecule has 0 aliphatic rings. The number of benzene rings is 2. The normalized spacial score (nSPS) is 10.3. The van der Waals surface area contributed by atoms with Gasteiger partial charge in [0.05, 0.1) is 11.6 Å². The van der Waals surface area contributed by atoms with E-state index in [1.165, 1.54) is 6.08 Å². The van der Waals surface area contributed by atoms with Crippen molar-refractivity contribution in [3.05, 3.63) is 75.8 Å². The van der Waals surface area contributed by atoms with E-state index < -0.39 is 0 Å². The first-order valence-corrected chi connectivity index (χ1v) is 6.46. The molecule has 2 nitrogen and oxygen atoms in total. The van der Waals surface area contributed by atoms with Gasteiger partial charge in [-0.3, -0.25) is 4.79 Å². The summed E-state index contributed by atoms with van der Waals surface area (Å²) in [5, 5.41) is 8.69. The van der Waals surface area contributed by atoms with Crippen LogP contribution >= 0.6 is 15.9 Å². The highest BCUT2D eigenvalue weighted by atomic mass is 79.9. The molecule has 3 heteroatoms. The van der Waals surface area contributed by atoms with Gasteiger partial charge in [-0.2, -0.15) is 5.26 Å². The number of nitrogens with zero attached hydrogens (tertiary/aromatic N) is 1. The van der Waals surface area contributed by atoms with E-state index in [0.717, 1.165) is 10.0 Å². The van der Waals surface area contributed by atoms with E-state index in [1.54, 1.807) is 30.3 Å². The van der Waals surface area contributed by atoms with Crippen molar-refractivity contribution in [2.24, 2.45) is 0 Å². The molecule has 0 radical (unpaired) electrons. The van der Waals surface area contributed by atoms with Gasteiger partial charge in [0.2, 0.25) is 0 Å². The molecule has 92 valence electrons. The molecule has 0 bridgehead atoms. The fourth-order valence-corrected chi connectivity index (χ4v) is 2.00. The van der Waals surface area contributed by atoms with E-state index >= 15 is 0 Å². The molecule has 0 atom stereocenters. The van der Waals surface area contributed by atoms with Gasteiger partial charge in [0.25, 0.3) is 0 Å². The van der Waals surface area contributed by atoms with Crippen LogP contribution in [0.1, 0.15) is 21.5 Å². The van der Waals surface area contributed by atoms with E-state index in [9.17, 15) is 4.79 Å². The Labute approximate surface area is 120 Å². The van der Waals surface area contributed by atoms with Gasteiger partial charge in [-0.15, -0.1) is 0 Å². The molecule has 0 spiro atoms. The van der Waals surface area contributed by atoms with Crippen molar-refractivity contribution in [3.8, 4) is 6.07 Å². The molecule has 0 aliphatic heterocycles. The van der Waals surface area contributed by atoms with Crippen molar-refractivity contribution in [1.29, 1.82) is 5.26 Å². The van der Waals surface area contributed by atoms with Crippen molar-refractivity contribution in [2.75, 3.05) is 0 Å². The number of hydrogen-bond donors (Lipinski definition) is 0. The lowest BCUT2D eigenvalue weighted by atomic mass is 10.1. The fourth-order valence-electron chi connectivity index (χ4n) is 1.59. The predicted octanol–water partition coefficient (Wildman–Crippen LogP) is 4.22. The number of allylic oxidation sites excluding steroid dienone is 1. The Bertz CT molecular complexity index is 666. The van der Waals surface area contributed by atoms with Crippen LogP contribution in [0.25, 0.3) is 6.08 Å². The van der Waals surface area contributed by atoms with Gasteiger partial charge in [-0.1, -0.05) is 34.1 Å². The van der Waals surface area contributed by atoms with Crippen LogP contribution in [0, 0.1) is 11.3 Å². The maximum atomic E-state index is 11.9. The van der Waals surface area contributed by atoms with Crippen molar-refractivity contribution in [2.45, 2.75) is 0 Å². The monoisotopic (exact) mass is 311 g/mol. The quantitative estimate of drug-likeness (QED) is 0.629. The lowest BCUT2D eigenvalue weighted by Gasteiger charge is -1.97. The highest BCUT2D eigenvalue weighted by Gasteiger charge is 2.01. The van der Waals surface area contributed by atoms with Gasteiger partial charge in [0.15, 0.2) is 5.78 Å². The Morgan fingerprint density at radius 3 is 2.53 bits per heavy atom. The molecule has 0 amide bonds. The first kappa shape index (κ1) is 13.3. The third-order valence-electron chi connectivity index (χ3n) is 2.57. The van der Waals surface area contributed by atoms with Crippen LogP contribution in [0.4, 0.5) is 0 Å². The molecule has 0 fully saturated rings. The van der Waals surface area contributed by atoms with E-state index in [0.29, 0.717) is 11.1 Å². The summed E-state index contributed by atoms with van der Waals surface area (Å²) in [7, 11) is 0. The Morgan fingerprint density at radius 1 is 1.16 bits per heavy atom. The third-order valence-corrected chi connectivity index (χ3v) is 3.07. The summed E-state index contributed by atoms with van der Waals surface area (Å²) in [5.74, 6) is -0.0792. The van der Waals surface area contributed by atoms with Gasteiger partial charge in [0.1, 0.15) is 0 Å². The molecular weight excluding hydrogens is 302 g/mol. The van der Waals surface area contributed by atoms with Gasteiger partial charge in [0, 0.05) is 10.0 Å². The smallest absolute Gasteiger partial charge is 0.185 e. The van der Waals surface area contributed by atoms with E-state index in [4.69, 9.17) is 5.26 Å². The molecule has 0 heterocycles. The number of hydrogen-bond acceptors (Lipinski definition) is 2. The molecule has 2 aromatic carbocycles. The van der Waals surface area contributed by atoms with Crippen LogP contribution in [0.15, 0.2) is 59.1 Å². The second kappa shape index (κ2) is 6.12. The van der Waals surface area contributed by atoms with Crippen LogP contribution in [0.2, 0.25) is 0 Å². The zero-order valence-corrected chi connectivity index (χ0v) is 11.6. The van der Waals surface area contributed by atoms with Gasteiger partial charge in [-0.05, 0) is 48.0 Å². The van der Waals surface area contributed by atoms with Crippen LogP contribution in [-0.2, 0) is 0 Å². The summed E-state index contributed by atoms with van der Waals surface area (Å²) in [6.07, 6.45) is 3.30. The topological polar surface area (TPSA) is 40.9 Å². The second-order valence-corrected chi connectivity index (χ2v) is 4.86. The molecule has 0 aliphatic carbocycles. The number of carbonyl (C=O) groups excluding carboxylic acids is 1. The Morgan fingerprint density at radius 2 is 1.89 bits per heavy atom. The number of carbonyl (C=O) groups is 1. The summed E-state index contributed by atoms with van der Waals surface area (Å²) in [6.45, 7) is 0. The SMILES string of the molecule is N#Cc1ccc(C(=O)/C=C/c2cccc(Br)c2)cc1. The summed E-state index contributed by atoms with van der Waals surface area (Å²) in [5.41, 5.74) is 2.08. The van der Waals surface area contributed by atoms with Crippen molar-refractivity contribution in [1.82, 2.24) is 0 Å². The van der Waals surface area contributed by atoms with E-state index in [-0.39, 0.29) is 5.78 Å². The summed E-state index contributed by atoms with van der Waals surface area (Å²) in [6, 6.07) is 16.3. The molecule has 0 unspecified atom stereocenters. The number of nitriles is 1. The Hall–Kier alpha value is -2.18. The second-order valence-electron chi connectivity index (χ2n) is 3.94. The first-order chi connectivity index (χ1) is 9.19. The highest BCUT2D eigenvalue weighted by molar-refractivity contribution is 9.10. The van der Waals surface area contributed by atoms with E-state index in [1.807, 2.05) is 30.3 Å². The number of halogens is 1. The van der Waals surface area contributed by atoms with E-state index in [2.05, 4.69) is 15.9 Å². The minimum Gasteiger partial charge on any atom is -0.289 e. The molecule has 0 N–H and O–H groups in total. The highest BCUT2D eigenvalue weighted by Crippen LogP contribution is 2.13. The summed E-state index contributed by atoms with van der Waals surface area (Å²) in [4.78, 5) is 11.9. The minimum absolute atomic E-state index is 0.0792. The molecule has 0 saturated carbocycles. The average molecular weight is 312 g/mol. The number of rotatable bonds is 3. The molecule has 2 rings (SSSR count). The largest absolute Gasteiger partial charge is 0.289 e. The Kier molecular flexibility index (Phi) is 4.27. The molecule has 0 saturated heterocycles. The molecule has 2 aromatic rings. The third kappa shape index (κ3) is 3.64. The van der Waals surface area contributed by atoms with Gasteiger partial charge >= 0.3 is 0 Å². The van der Waals surface area contributed by atoms with Crippen molar-refractivity contribution in [3.63, 3.8) is 0 Å². The maximum Gasteiger partial charge on any atom is 0.185 e. The fraction of sp³-hybridized carbons (Fsp3) is 0. The van der Waals surface area contributed by atoms with Crippen molar-refractivity contribution >= 4 is 27.8 Å². The van der Waals surface area contributed by atoms with Gasteiger partial charge < -0.3 is 0 Å². The predicted molar refractivity (Wildman–Crippen MR) is 78.7 cm³/mol. The molecule has 0 aromatic heterocycles. The summed E-state index contributed by atoms with van der Waals surface area (Å²) >= 11 is 3.38. The van der Waals surface area contributed by atoms with Crippen LogP contribution < -0.4 is 0 Å². The lowest BCUT2D eigenvalue weighted by molar-refractivity contribution is 0.104. The average Bonchev–Trinajstić information content (AvgIpc) is 2.45. The van der Waals surface area contributed by atoms with Gasteiger partial charge in [-0.25, -0.2) is 0 Å². The Balaban J connectivity index is 2.14.